The van der Waals surface area contributed by atoms with Crippen LogP contribution in [0.2, 0.25) is 0 Å². The monoisotopic (exact) mass is 283 g/mol. The van der Waals surface area contributed by atoms with Crippen molar-refractivity contribution in [3.8, 4) is 11.3 Å². The SMILES string of the molecule is CCc1cc(N2CC(C)(OC)C2)nnc1-c1ccccc1. The van der Waals surface area contributed by atoms with Crippen LogP contribution in [0.15, 0.2) is 36.4 Å². The molecule has 1 aliphatic rings. The first-order valence-electron chi connectivity index (χ1n) is 7.37. The highest BCUT2D eigenvalue weighted by atomic mass is 16.5. The molecule has 21 heavy (non-hydrogen) atoms. The highest BCUT2D eigenvalue weighted by Gasteiger charge is 2.39. The number of aryl methyl sites for hydroxylation is 1. The lowest BCUT2D eigenvalue weighted by molar-refractivity contribution is -0.0172. The van der Waals surface area contributed by atoms with E-state index in [-0.39, 0.29) is 5.60 Å². The Bertz CT molecular complexity index is 621. The summed E-state index contributed by atoms with van der Waals surface area (Å²) in [5.41, 5.74) is 3.29. The molecule has 4 heteroatoms. The molecule has 0 unspecified atom stereocenters. The quantitative estimate of drug-likeness (QED) is 0.864. The first-order valence-corrected chi connectivity index (χ1v) is 7.37. The molecule has 0 amide bonds. The van der Waals surface area contributed by atoms with E-state index in [0.29, 0.717) is 0 Å². The number of aromatic nitrogens is 2. The maximum absolute atomic E-state index is 5.49. The van der Waals surface area contributed by atoms with Crippen LogP contribution in [0.1, 0.15) is 19.4 Å². The van der Waals surface area contributed by atoms with Crippen LogP contribution in [0.3, 0.4) is 0 Å². The lowest BCUT2D eigenvalue weighted by Crippen LogP contribution is -2.61. The first kappa shape index (κ1) is 14.0. The van der Waals surface area contributed by atoms with Gasteiger partial charge in [-0.3, -0.25) is 0 Å². The van der Waals surface area contributed by atoms with Gasteiger partial charge in [0.05, 0.1) is 24.4 Å². The number of hydrogen-bond donors (Lipinski definition) is 0. The highest BCUT2D eigenvalue weighted by molar-refractivity contribution is 5.64. The molecule has 1 aromatic carbocycles. The molecule has 1 aromatic heterocycles. The van der Waals surface area contributed by atoms with E-state index in [0.717, 1.165) is 36.6 Å². The van der Waals surface area contributed by atoms with Gasteiger partial charge in [-0.05, 0) is 25.0 Å². The summed E-state index contributed by atoms with van der Waals surface area (Å²) in [5, 5.41) is 8.87. The molecule has 1 fully saturated rings. The third-order valence-electron chi connectivity index (χ3n) is 4.16. The van der Waals surface area contributed by atoms with Crippen LogP contribution >= 0.6 is 0 Å². The van der Waals surface area contributed by atoms with E-state index in [4.69, 9.17) is 4.74 Å². The van der Waals surface area contributed by atoms with E-state index >= 15 is 0 Å². The minimum absolute atomic E-state index is 0.0494. The van der Waals surface area contributed by atoms with Crippen molar-refractivity contribution in [2.75, 3.05) is 25.1 Å². The van der Waals surface area contributed by atoms with Crippen molar-refractivity contribution < 1.29 is 4.74 Å². The number of hydrogen-bond acceptors (Lipinski definition) is 4. The molecule has 0 saturated carbocycles. The minimum atomic E-state index is -0.0494. The second-order valence-electron chi connectivity index (χ2n) is 5.81. The predicted octanol–water partition coefficient (Wildman–Crippen LogP) is 2.93. The van der Waals surface area contributed by atoms with Crippen LogP contribution in [-0.2, 0) is 11.2 Å². The van der Waals surface area contributed by atoms with Crippen molar-refractivity contribution in [3.05, 3.63) is 42.0 Å². The lowest BCUT2D eigenvalue weighted by atomic mass is 9.96. The summed E-state index contributed by atoms with van der Waals surface area (Å²) in [5.74, 6) is 0.945. The van der Waals surface area contributed by atoms with Gasteiger partial charge >= 0.3 is 0 Å². The van der Waals surface area contributed by atoms with Gasteiger partial charge in [-0.2, -0.15) is 0 Å². The Hall–Kier alpha value is -1.94. The zero-order chi connectivity index (χ0) is 14.9. The second-order valence-corrected chi connectivity index (χ2v) is 5.81. The van der Waals surface area contributed by atoms with E-state index in [2.05, 4.69) is 47.1 Å². The molecule has 1 saturated heterocycles. The van der Waals surface area contributed by atoms with Gasteiger partial charge < -0.3 is 9.64 Å². The number of anilines is 1. The Morgan fingerprint density at radius 2 is 1.90 bits per heavy atom. The highest BCUT2D eigenvalue weighted by Crippen LogP contribution is 2.30. The number of ether oxygens (including phenoxy) is 1. The standard InChI is InChI=1S/C17H21N3O/c1-4-13-10-15(20-11-17(2,12-20)21-3)18-19-16(13)14-8-6-5-7-9-14/h5-10H,4,11-12H2,1-3H3. The number of benzene rings is 1. The van der Waals surface area contributed by atoms with Crippen molar-refractivity contribution in [2.45, 2.75) is 25.9 Å². The van der Waals surface area contributed by atoms with Gasteiger partial charge in [-0.1, -0.05) is 37.3 Å². The summed E-state index contributed by atoms with van der Waals surface area (Å²) in [6, 6.07) is 12.4. The summed E-state index contributed by atoms with van der Waals surface area (Å²) < 4.78 is 5.49. The lowest BCUT2D eigenvalue weighted by Gasteiger charge is -2.47. The maximum Gasteiger partial charge on any atom is 0.151 e. The fourth-order valence-corrected chi connectivity index (χ4v) is 2.73. The summed E-state index contributed by atoms with van der Waals surface area (Å²) in [6.07, 6.45) is 0.947. The normalized spacial score (nSPS) is 16.6. The molecule has 3 rings (SSSR count). The minimum Gasteiger partial charge on any atom is -0.375 e. The van der Waals surface area contributed by atoms with Crippen molar-refractivity contribution in [3.63, 3.8) is 0 Å². The molecule has 1 aliphatic heterocycles. The summed E-state index contributed by atoms with van der Waals surface area (Å²) >= 11 is 0. The third kappa shape index (κ3) is 2.63. The smallest absolute Gasteiger partial charge is 0.151 e. The molecule has 0 bridgehead atoms. The van der Waals surface area contributed by atoms with Crippen LogP contribution in [-0.4, -0.2) is 36.0 Å². The van der Waals surface area contributed by atoms with Gasteiger partial charge in [0.15, 0.2) is 5.82 Å². The summed E-state index contributed by atoms with van der Waals surface area (Å²) in [4.78, 5) is 2.21. The van der Waals surface area contributed by atoms with Gasteiger partial charge in [0.25, 0.3) is 0 Å². The number of nitrogens with zero attached hydrogens (tertiary/aromatic N) is 3. The Morgan fingerprint density at radius 3 is 2.52 bits per heavy atom. The Labute approximate surface area is 125 Å². The van der Waals surface area contributed by atoms with Crippen LogP contribution in [0.4, 0.5) is 5.82 Å². The van der Waals surface area contributed by atoms with E-state index in [1.165, 1.54) is 5.56 Å². The topological polar surface area (TPSA) is 38.2 Å². The van der Waals surface area contributed by atoms with E-state index in [1.54, 1.807) is 7.11 Å². The van der Waals surface area contributed by atoms with Crippen LogP contribution < -0.4 is 4.90 Å². The second kappa shape index (κ2) is 5.45. The average molecular weight is 283 g/mol. The Morgan fingerprint density at radius 1 is 1.19 bits per heavy atom. The largest absolute Gasteiger partial charge is 0.375 e. The predicted molar refractivity (Wildman–Crippen MR) is 84.5 cm³/mol. The van der Waals surface area contributed by atoms with E-state index < -0.39 is 0 Å². The molecule has 110 valence electrons. The first-order chi connectivity index (χ1) is 10.1. The fourth-order valence-electron chi connectivity index (χ4n) is 2.73. The average Bonchev–Trinajstić information content (AvgIpc) is 2.52. The van der Waals surface area contributed by atoms with Crippen molar-refractivity contribution in [2.24, 2.45) is 0 Å². The Kier molecular flexibility index (Phi) is 3.64. The molecule has 2 heterocycles. The molecular weight excluding hydrogens is 262 g/mol. The zero-order valence-corrected chi connectivity index (χ0v) is 12.8. The Balaban J connectivity index is 1.87. The maximum atomic E-state index is 5.49. The van der Waals surface area contributed by atoms with Crippen molar-refractivity contribution >= 4 is 5.82 Å². The molecule has 0 N–H and O–H groups in total. The zero-order valence-electron chi connectivity index (χ0n) is 12.8. The molecule has 2 aromatic rings. The van der Waals surface area contributed by atoms with Gasteiger partial charge in [0.1, 0.15) is 0 Å². The van der Waals surface area contributed by atoms with Gasteiger partial charge in [-0.25, -0.2) is 0 Å². The van der Waals surface area contributed by atoms with E-state index in [9.17, 15) is 0 Å². The number of rotatable bonds is 4. The third-order valence-corrected chi connectivity index (χ3v) is 4.16. The molecule has 0 spiro atoms. The summed E-state index contributed by atoms with van der Waals surface area (Å²) in [6.45, 7) is 6.01. The summed E-state index contributed by atoms with van der Waals surface area (Å²) in [7, 11) is 1.76. The van der Waals surface area contributed by atoms with Crippen molar-refractivity contribution in [1.29, 1.82) is 0 Å². The fraction of sp³-hybridized carbons (Fsp3) is 0.412. The molecule has 0 aliphatic carbocycles. The molecular formula is C17H21N3O. The van der Waals surface area contributed by atoms with E-state index in [1.807, 2.05) is 18.2 Å². The molecule has 4 nitrogen and oxygen atoms in total. The number of methoxy groups -OCH3 is 1. The van der Waals surface area contributed by atoms with Crippen LogP contribution in [0.5, 0.6) is 0 Å². The van der Waals surface area contributed by atoms with Gasteiger partial charge in [-0.15, -0.1) is 10.2 Å². The van der Waals surface area contributed by atoms with Gasteiger partial charge in [0, 0.05) is 12.7 Å². The molecule has 0 atom stereocenters. The van der Waals surface area contributed by atoms with Gasteiger partial charge in [0.2, 0.25) is 0 Å². The van der Waals surface area contributed by atoms with Crippen LogP contribution in [0.25, 0.3) is 11.3 Å². The van der Waals surface area contributed by atoms with Crippen LogP contribution in [0, 0.1) is 0 Å². The molecule has 0 radical (unpaired) electrons. The van der Waals surface area contributed by atoms with Crippen molar-refractivity contribution in [1.82, 2.24) is 10.2 Å².